The molecule has 1 aliphatic rings. The summed E-state index contributed by atoms with van der Waals surface area (Å²) in [5.41, 5.74) is 11.5. The zero-order valence-electron chi connectivity index (χ0n) is 25.7. The maximum absolute atomic E-state index is 10.6. The summed E-state index contributed by atoms with van der Waals surface area (Å²) in [5.74, 6) is 0. The third-order valence-corrected chi connectivity index (χ3v) is 9.54. The lowest BCUT2D eigenvalue weighted by molar-refractivity contribution is 0.591. The molecule has 0 saturated heterocycles. The van der Waals surface area contributed by atoms with E-state index in [-0.39, 0.29) is 17.7 Å². The Morgan fingerprint density at radius 1 is 0.605 bits per heavy atom. The number of nitriles is 1. The van der Waals surface area contributed by atoms with Crippen LogP contribution in [-0.4, -0.2) is 15.9 Å². The Balaban J connectivity index is 1.61. The average molecular weight is 556 g/mol. The lowest BCUT2D eigenvalue weighted by atomic mass is 9.47. The highest BCUT2D eigenvalue weighted by Crippen LogP contribution is 2.39. The van der Waals surface area contributed by atoms with Crippen LogP contribution in [0.5, 0.6) is 0 Å². The van der Waals surface area contributed by atoms with E-state index >= 15 is 0 Å². The Morgan fingerprint density at radius 2 is 1.16 bits per heavy atom. The molecule has 2 aromatic heterocycles. The van der Waals surface area contributed by atoms with Crippen LogP contribution in [0.3, 0.4) is 0 Å². The van der Waals surface area contributed by atoms with Gasteiger partial charge in [0.25, 0.3) is 0 Å². The number of rotatable bonds is 1. The molecule has 3 heterocycles. The summed E-state index contributed by atoms with van der Waals surface area (Å²) < 4.78 is 4.94. The molecule has 0 radical (unpaired) electrons. The number of hydrogen-bond donors (Lipinski definition) is 0. The molecule has 0 spiro atoms. The molecule has 5 aromatic carbocycles. The minimum absolute atomic E-state index is 0.000762. The Labute approximate surface area is 253 Å². The molecule has 0 aliphatic carbocycles. The summed E-state index contributed by atoms with van der Waals surface area (Å²) in [6.07, 6.45) is 0. The highest BCUT2D eigenvalue weighted by Gasteiger charge is 2.38. The zero-order chi connectivity index (χ0) is 29.8. The quantitative estimate of drug-likeness (QED) is 0.188. The number of fused-ring (bicyclic) bond motifs is 8. The molecule has 0 N–H and O–H groups in total. The van der Waals surface area contributed by atoms with Gasteiger partial charge in [-0.3, -0.25) is 0 Å². The van der Waals surface area contributed by atoms with E-state index in [1.54, 1.807) is 0 Å². The summed E-state index contributed by atoms with van der Waals surface area (Å²) in [5, 5.41) is 15.5. The van der Waals surface area contributed by atoms with Crippen molar-refractivity contribution < 1.29 is 0 Å². The van der Waals surface area contributed by atoms with Gasteiger partial charge < -0.3 is 9.05 Å². The van der Waals surface area contributed by atoms with Crippen LogP contribution in [0.4, 0.5) is 0 Å². The summed E-state index contributed by atoms with van der Waals surface area (Å²) >= 11 is 0. The van der Waals surface area contributed by atoms with Gasteiger partial charge in [-0.05, 0) is 63.2 Å². The van der Waals surface area contributed by atoms with Gasteiger partial charge in [0.2, 0.25) is 0 Å². The van der Waals surface area contributed by atoms with Gasteiger partial charge in [0.05, 0.1) is 22.7 Å². The van der Waals surface area contributed by atoms with E-state index in [0.717, 1.165) is 16.5 Å². The average Bonchev–Trinajstić information content (AvgIpc) is 3.50. The van der Waals surface area contributed by atoms with Crippen molar-refractivity contribution in [1.29, 1.82) is 5.26 Å². The van der Waals surface area contributed by atoms with Crippen LogP contribution < -0.4 is 10.9 Å². The van der Waals surface area contributed by atoms with Crippen molar-refractivity contribution in [3.63, 3.8) is 0 Å². The van der Waals surface area contributed by atoms with E-state index in [2.05, 4.69) is 148 Å². The summed E-state index contributed by atoms with van der Waals surface area (Å²) in [6, 6.07) is 38.2. The van der Waals surface area contributed by atoms with Crippen molar-refractivity contribution in [3.8, 4) is 11.8 Å². The van der Waals surface area contributed by atoms with Crippen LogP contribution in [0.2, 0.25) is 0 Å². The molecule has 1 aliphatic heterocycles. The van der Waals surface area contributed by atoms with Gasteiger partial charge in [0, 0.05) is 38.3 Å². The van der Waals surface area contributed by atoms with Crippen LogP contribution in [0.25, 0.3) is 49.3 Å². The van der Waals surface area contributed by atoms with Gasteiger partial charge in [-0.1, -0.05) is 108 Å². The molecule has 0 unspecified atom stereocenters. The van der Waals surface area contributed by atoms with Crippen molar-refractivity contribution in [2.24, 2.45) is 0 Å². The Morgan fingerprint density at radius 3 is 1.79 bits per heavy atom. The van der Waals surface area contributed by atoms with Crippen molar-refractivity contribution in [3.05, 3.63) is 114 Å². The number of benzene rings is 5. The highest BCUT2D eigenvalue weighted by molar-refractivity contribution is 6.88. The molecule has 4 heteroatoms. The molecule has 208 valence electrons. The lowest BCUT2D eigenvalue weighted by Crippen LogP contribution is -2.54. The minimum atomic E-state index is -0.170. The Bertz CT molecular complexity index is 2260. The van der Waals surface area contributed by atoms with Gasteiger partial charge in [-0.15, -0.1) is 0 Å². The van der Waals surface area contributed by atoms with Crippen molar-refractivity contribution in [2.75, 3.05) is 0 Å². The molecule has 0 saturated carbocycles. The lowest BCUT2D eigenvalue weighted by Gasteiger charge is -2.29. The molecule has 0 amide bonds. The van der Waals surface area contributed by atoms with E-state index in [0.29, 0.717) is 0 Å². The van der Waals surface area contributed by atoms with Crippen molar-refractivity contribution in [2.45, 2.75) is 52.4 Å². The fourth-order valence-corrected chi connectivity index (χ4v) is 7.31. The first-order valence-electron chi connectivity index (χ1n) is 15.2. The molecule has 0 bridgehead atoms. The van der Waals surface area contributed by atoms with Crippen LogP contribution in [-0.2, 0) is 10.8 Å². The smallest absolute Gasteiger partial charge is 0.333 e. The minimum Gasteiger partial charge on any atom is -0.376 e. The standard InChI is InChI=1S/C39H34BN3/c1-38(2,3)25-16-19-28-29-20-17-26(39(4,5)6)22-35(29)43(34(28)21-25)40-31-12-8-10-14-33(31)42-32-13-9-7-11-27(32)30-18-15-24(23-41)36(40)37(30)42/h7-22H,1-6H3. The molecule has 0 fully saturated rings. The Kier molecular flexibility index (Phi) is 5.21. The fraction of sp³-hybridized carbons (Fsp3) is 0.205. The second-order valence-corrected chi connectivity index (χ2v) is 14.2. The predicted molar refractivity (Wildman–Crippen MR) is 183 cm³/mol. The zero-order valence-corrected chi connectivity index (χ0v) is 25.7. The molecule has 43 heavy (non-hydrogen) atoms. The second-order valence-electron chi connectivity index (χ2n) is 14.2. The summed E-state index contributed by atoms with van der Waals surface area (Å²) in [6.45, 7) is 13.5. The topological polar surface area (TPSA) is 33.6 Å². The predicted octanol–water partition coefficient (Wildman–Crippen LogP) is 8.33. The second kappa shape index (κ2) is 8.65. The normalized spacial score (nSPS) is 13.3. The van der Waals surface area contributed by atoms with Crippen LogP contribution in [0.15, 0.2) is 97.1 Å². The molecule has 0 atom stereocenters. The first kappa shape index (κ1) is 25.9. The van der Waals surface area contributed by atoms with Crippen LogP contribution in [0.1, 0.15) is 58.2 Å². The van der Waals surface area contributed by atoms with E-state index in [9.17, 15) is 5.26 Å². The largest absolute Gasteiger partial charge is 0.376 e. The van der Waals surface area contributed by atoms with Gasteiger partial charge >= 0.3 is 6.85 Å². The molecule has 3 nitrogen and oxygen atoms in total. The van der Waals surface area contributed by atoms with Crippen LogP contribution >= 0.6 is 0 Å². The van der Waals surface area contributed by atoms with E-state index in [4.69, 9.17) is 0 Å². The van der Waals surface area contributed by atoms with Crippen molar-refractivity contribution >= 4 is 61.4 Å². The first-order chi connectivity index (χ1) is 20.6. The Hall–Kier alpha value is -4.75. The van der Waals surface area contributed by atoms with E-state index in [1.165, 1.54) is 60.4 Å². The summed E-state index contributed by atoms with van der Waals surface area (Å²) in [7, 11) is 0. The first-order valence-corrected chi connectivity index (χ1v) is 15.2. The SMILES string of the molecule is CC(C)(C)c1ccc2c3ccc(C(C)(C)C)cc3n(B3c4ccccc4-n4c5ccccc5c5ccc(C#N)c3c54)c2c1. The highest BCUT2D eigenvalue weighted by atomic mass is 15.0. The molecule has 8 rings (SSSR count). The molecular weight excluding hydrogens is 521 g/mol. The maximum atomic E-state index is 10.6. The van der Waals surface area contributed by atoms with Crippen molar-refractivity contribution in [1.82, 2.24) is 9.05 Å². The molecule has 7 aromatic rings. The van der Waals surface area contributed by atoms with E-state index < -0.39 is 0 Å². The number of aromatic nitrogens is 2. The number of nitrogens with zero attached hydrogens (tertiary/aromatic N) is 3. The third kappa shape index (κ3) is 3.55. The van der Waals surface area contributed by atoms with Gasteiger partial charge in [0.1, 0.15) is 0 Å². The third-order valence-electron chi connectivity index (χ3n) is 9.54. The monoisotopic (exact) mass is 555 g/mol. The number of hydrogen-bond acceptors (Lipinski definition) is 1. The van der Waals surface area contributed by atoms with Gasteiger partial charge in [-0.25, -0.2) is 0 Å². The summed E-state index contributed by atoms with van der Waals surface area (Å²) in [4.78, 5) is 0. The van der Waals surface area contributed by atoms with Gasteiger partial charge in [-0.2, -0.15) is 5.26 Å². The molecular formula is C39H34BN3. The number of para-hydroxylation sites is 2. The fourth-order valence-electron chi connectivity index (χ4n) is 7.31. The van der Waals surface area contributed by atoms with Crippen LogP contribution in [0, 0.1) is 11.3 Å². The van der Waals surface area contributed by atoms with E-state index in [1.807, 2.05) is 6.07 Å². The maximum Gasteiger partial charge on any atom is 0.333 e. The van der Waals surface area contributed by atoms with Gasteiger partial charge in [0.15, 0.2) is 0 Å².